The van der Waals surface area contributed by atoms with Gasteiger partial charge in [0.25, 0.3) is 0 Å². The van der Waals surface area contributed by atoms with Crippen LogP contribution in [0, 0.1) is 5.92 Å². The van der Waals surface area contributed by atoms with Gasteiger partial charge in [-0.2, -0.15) is 10.1 Å². The van der Waals surface area contributed by atoms with Gasteiger partial charge in [-0.25, -0.2) is 4.68 Å². The number of benzene rings is 1. The monoisotopic (exact) mass is 390 g/mol. The summed E-state index contributed by atoms with van der Waals surface area (Å²) >= 11 is 1.66. The smallest absolute Gasteiger partial charge is 0.226 e. The number of fused-ring (bicyclic) bond motifs is 2. The highest BCUT2D eigenvalue weighted by atomic mass is 32.1. The number of aromatic nitrogens is 3. The Labute approximate surface area is 168 Å². The molecule has 1 aliphatic heterocycles. The van der Waals surface area contributed by atoms with Gasteiger partial charge in [0.15, 0.2) is 0 Å². The third kappa shape index (κ3) is 2.79. The van der Waals surface area contributed by atoms with Crippen molar-refractivity contribution < 1.29 is 4.79 Å². The molecule has 0 amide bonds. The molecule has 0 saturated carbocycles. The van der Waals surface area contributed by atoms with Crippen molar-refractivity contribution in [1.29, 1.82) is 0 Å². The maximum atomic E-state index is 13.3. The zero-order chi connectivity index (χ0) is 19.3. The minimum Gasteiger partial charge on any atom is -0.328 e. The summed E-state index contributed by atoms with van der Waals surface area (Å²) in [6.07, 6.45) is 4.28. The summed E-state index contributed by atoms with van der Waals surface area (Å²) in [5, 5.41) is 9.80. The van der Waals surface area contributed by atoms with E-state index in [2.05, 4.69) is 65.7 Å². The van der Waals surface area contributed by atoms with Crippen LogP contribution in [0.15, 0.2) is 59.9 Å². The predicted molar refractivity (Wildman–Crippen MR) is 111 cm³/mol. The lowest BCUT2D eigenvalue weighted by Crippen LogP contribution is -2.39. The van der Waals surface area contributed by atoms with Crippen LogP contribution in [0.3, 0.4) is 0 Å². The lowest BCUT2D eigenvalue weighted by molar-refractivity contribution is -0.123. The van der Waals surface area contributed by atoms with E-state index in [4.69, 9.17) is 0 Å². The SMILES string of the molecule is CC(C)c1ccc([C@H]2C=C3Nc4ncnn4[C@H](c4cccs4)[C@@H]3C(=O)C2)cc1. The first-order valence-corrected chi connectivity index (χ1v) is 10.5. The van der Waals surface area contributed by atoms with Crippen LogP contribution < -0.4 is 5.32 Å². The zero-order valence-corrected chi connectivity index (χ0v) is 16.7. The molecule has 3 aromatic rings. The molecular weight excluding hydrogens is 368 g/mol. The summed E-state index contributed by atoms with van der Waals surface area (Å²) in [5.41, 5.74) is 3.45. The Morgan fingerprint density at radius 3 is 2.75 bits per heavy atom. The Bertz CT molecular complexity index is 1030. The molecule has 5 nitrogen and oxygen atoms in total. The van der Waals surface area contributed by atoms with E-state index in [0.717, 1.165) is 10.6 Å². The highest BCUT2D eigenvalue weighted by Gasteiger charge is 2.43. The van der Waals surface area contributed by atoms with Crippen molar-refractivity contribution in [3.63, 3.8) is 0 Å². The first-order chi connectivity index (χ1) is 13.6. The van der Waals surface area contributed by atoms with Crippen LogP contribution in [0.4, 0.5) is 5.95 Å². The number of carbonyl (C=O) groups excluding carboxylic acids is 1. The van der Waals surface area contributed by atoms with E-state index in [1.807, 2.05) is 16.1 Å². The molecule has 28 heavy (non-hydrogen) atoms. The van der Waals surface area contributed by atoms with Crippen LogP contribution >= 0.6 is 11.3 Å². The highest BCUT2D eigenvalue weighted by molar-refractivity contribution is 7.10. The first-order valence-electron chi connectivity index (χ1n) is 9.66. The van der Waals surface area contributed by atoms with Crippen LogP contribution in [0.1, 0.15) is 54.1 Å². The standard InChI is InChI=1S/C22H22N4OS/c1-13(2)14-5-7-15(8-6-14)16-10-17-20(18(27)11-16)21(19-4-3-9-28-19)26-22(25-17)23-12-24-26/h3-10,12-13,16,20-21H,11H2,1-2H3,(H,23,24,25)/t16-,20-,21+/m0/s1. The molecule has 1 aromatic carbocycles. The fraction of sp³-hybridized carbons (Fsp3) is 0.318. The molecule has 2 aromatic heterocycles. The Hall–Kier alpha value is -2.73. The van der Waals surface area contributed by atoms with E-state index in [9.17, 15) is 4.79 Å². The van der Waals surface area contributed by atoms with Gasteiger partial charge >= 0.3 is 0 Å². The number of nitrogens with zero attached hydrogens (tertiary/aromatic N) is 3. The van der Waals surface area contributed by atoms with Crippen LogP contribution in [-0.2, 0) is 4.79 Å². The Morgan fingerprint density at radius 2 is 2.04 bits per heavy atom. The quantitative estimate of drug-likeness (QED) is 0.702. The second kappa shape index (κ2) is 6.71. The van der Waals surface area contributed by atoms with Gasteiger partial charge in [0.2, 0.25) is 5.95 Å². The van der Waals surface area contributed by atoms with Crippen molar-refractivity contribution in [2.75, 3.05) is 5.32 Å². The van der Waals surface area contributed by atoms with Gasteiger partial charge in [0.05, 0.1) is 5.92 Å². The number of carbonyl (C=O) groups is 1. The number of hydrogen-bond acceptors (Lipinski definition) is 5. The van der Waals surface area contributed by atoms with Gasteiger partial charge in [-0.3, -0.25) is 4.79 Å². The molecule has 142 valence electrons. The number of allylic oxidation sites excluding steroid dienone is 2. The molecule has 0 radical (unpaired) electrons. The third-order valence-corrected chi connectivity index (χ3v) is 6.70. The Morgan fingerprint density at radius 1 is 1.21 bits per heavy atom. The predicted octanol–water partition coefficient (Wildman–Crippen LogP) is 4.73. The average molecular weight is 391 g/mol. The largest absolute Gasteiger partial charge is 0.328 e. The normalized spacial score (nSPS) is 23.8. The summed E-state index contributed by atoms with van der Waals surface area (Å²) in [7, 11) is 0. The van der Waals surface area contributed by atoms with E-state index < -0.39 is 0 Å². The molecule has 0 saturated heterocycles. The summed E-state index contributed by atoms with van der Waals surface area (Å²) < 4.78 is 1.85. The highest BCUT2D eigenvalue weighted by Crippen LogP contribution is 2.45. The van der Waals surface area contributed by atoms with Crippen LogP contribution in [0.2, 0.25) is 0 Å². The van der Waals surface area contributed by atoms with Crippen molar-refractivity contribution in [1.82, 2.24) is 14.8 Å². The molecule has 1 aliphatic carbocycles. The lowest BCUT2D eigenvalue weighted by Gasteiger charge is -2.37. The number of nitrogens with one attached hydrogen (secondary N) is 1. The number of thiophene rings is 1. The first kappa shape index (κ1) is 17.4. The van der Waals surface area contributed by atoms with E-state index in [1.165, 1.54) is 11.1 Å². The van der Waals surface area contributed by atoms with Crippen molar-refractivity contribution in [2.45, 2.75) is 38.1 Å². The van der Waals surface area contributed by atoms with Gasteiger partial charge in [0, 0.05) is 22.9 Å². The van der Waals surface area contributed by atoms with Crippen molar-refractivity contribution in [2.24, 2.45) is 5.92 Å². The van der Waals surface area contributed by atoms with Crippen LogP contribution in [-0.4, -0.2) is 20.5 Å². The van der Waals surface area contributed by atoms with Crippen molar-refractivity contribution in [3.05, 3.63) is 75.9 Å². The van der Waals surface area contributed by atoms with Gasteiger partial charge < -0.3 is 5.32 Å². The van der Waals surface area contributed by atoms with E-state index in [-0.39, 0.29) is 23.7 Å². The minimum absolute atomic E-state index is 0.0888. The molecule has 5 rings (SSSR count). The van der Waals surface area contributed by atoms with E-state index >= 15 is 0 Å². The number of Topliss-reactive ketones (excluding diaryl/α,β-unsaturated/α-hetero) is 1. The van der Waals surface area contributed by atoms with Gasteiger partial charge in [-0.05, 0) is 28.5 Å². The molecule has 3 atom stereocenters. The maximum absolute atomic E-state index is 13.3. The summed E-state index contributed by atoms with van der Waals surface area (Å²) in [6, 6.07) is 12.6. The van der Waals surface area contributed by atoms with E-state index in [0.29, 0.717) is 18.3 Å². The fourth-order valence-corrected chi connectivity index (χ4v) is 5.11. The molecule has 0 fully saturated rings. The lowest BCUT2D eigenvalue weighted by atomic mass is 9.77. The molecule has 0 unspecified atom stereocenters. The van der Waals surface area contributed by atoms with Gasteiger partial charge in [-0.15, -0.1) is 11.3 Å². The second-order valence-corrected chi connectivity index (χ2v) is 8.79. The summed E-state index contributed by atoms with van der Waals surface area (Å²) in [6.45, 7) is 4.39. The van der Waals surface area contributed by atoms with Crippen molar-refractivity contribution >= 4 is 23.1 Å². The molecular formula is C22H22N4OS. The minimum atomic E-state index is -0.237. The summed E-state index contributed by atoms with van der Waals surface area (Å²) in [4.78, 5) is 18.8. The molecule has 1 N–H and O–H groups in total. The van der Waals surface area contributed by atoms with Crippen LogP contribution in [0.25, 0.3) is 0 Å². The fourth-order valence-electron chi connectivity index (χ4n) is 4.26. The number of anilines is 1. The number of hydrogen-bond donors (Lipinski definition) is 1. The average Bonchev–Trinajstić information content (AvgIpc) is 3.38. The summed E-state index contributed by atoms with van der Waals surface area (Å²) in [5.74, 6) is 1.31. The molecule has 0 bridgehead atoms. The molecule has 3 heterocycles. The topological polar surface area (TPSA) is 59.8 Å². The van der Waals surface area contributed by atoms with Crippen molar-refractivity contribution in [3.8, 4) is 0 Å². The van der Waals surface area contributed by atoms with Gasteiger partial charge in [0.1, 0.15) is 18.2 Å². The number of ketones is 1. The maximum Gasteiger partial charge on any atom is 0.226 e. The molecule has 6 heteroatoms. The van der Waals surface area contributed by atoms with Crippen LogP contribution in [0.5, 0.6) is 0 Å². The van der Waals surface area contributed by atoms with E-state index in [1.54, 1.807) is 17.7 Å². The molecule has 2 aliphatic rings. The zero-order valence-electron chi connectivity index (χ0n) is 15.9. The second-order valence-electron chi connectivity index (χ2n) is 7.81. The number of rotatable bonds is 3. The Kier molecular flexibility index (Phi) is 4.16. The Balaban J connectivity index is 1.55. The third-order valence-electron chi connectivity index (χ3n) is 5.76. The van der Waals surface area contributed by atoms with Gasteiger partial charge in [-0.1, -0.05) is 50.3 Å². The molecule has 0 spiro atoms.